The van der Waals surface area contributed by atoms with Gasteiger partial charge in [-0.15, -0.1) is 0 Å². The van der Waals surface area contributed by atoms with Gasteiger partial charge in [-0.25, -0.2) is 0 Å². The highest BCUT2D eigenvalue weighted by Gasteiger charge is 2.36. The smallest absolute Gasteiger partial charge is 0.303 e. The minimum Gasteiger partial charge on any atom is -0.489 e. The standard InChI is InChI=1S/C45H40O7/c1-32(46)51-44-27-39-41(49-30-35-18-10-4-11-19-35)25-38(47-28-33-14-6-2-7-15-33)26-42(39)52-45(44)37-22-23-40(48-29-34-16-8-3-9-17-34)43(24-37)50-31-36-20-12-5-13-21-36/h2-26,44-45H,27-31H2,1H3. The molecule has 0 radical (unpaired) electrons. The number of fused-ring (bicyclic) bond motifs is 1. The predicted molar refractivity (Wildman–Crippen MR) is 199 cm³/mol. The van der Waals surface area contributed by atoms with Crippen LogP contribution >= 0.6 is 0 Å². The van der Waals surface area contributed by atoms with E-state index < -0.39 is 18.2 Å². The van der Waals surface area contributed by atoms with Crippen LogP contribution in [-0.4, -0.2) is 12.1 Å². The number of hydrogen-bond donors (Lipinski definition) is 0. The number of ether oxygens (including phenoxy) is 6. The Bertz CT molecular complexity index is 2050. The highest BCUT2D eigenvalue weighted by Crippen LogP contribution is 2.45. The summed E-state index contributed by atoms with van der Waals surface area (Å²) in [5, 5.41) is 0. The molecule has 262 valence electrons. The van der Waals surface area contributed by atoms with Gasteiger partial charge in [0.15, 0.2) is 17.6 Å². The molecule has 0 saturated carbocycles. The van der Waals surface area contributed by atoms with Gasteiger partial charge < -0.3 is 28.4 Å². The van der Waals surface area contributed by atoms with Crippen LogP contribution in [0.15, 0.2) is 152 Å². The topological polar surface area (TPSA) is 72.5 Å². The molecule has 52 heavy (non-hydrogen) atoms. The van der Waals surface area contributed by atoms with Crippen molar-refractivity contribution < 1.29 is 33.2 Å². The summed E-state index contributed by atoms with van der Waals surface area (Å²) in [7, 11) is 0. The Hall–Kier alpha value is -6.21. The van der Waals surface area contributed by atoms with Crippen molar-refractivity contribution in [3.63, 3.8) is 0 Å². The van der Waals surface area contributed by atoms with Gasteiger partial charge >= 0.3 is 5.97 Å². The Morgan fingerprint density at radius 1 is 0.558 bits per heavy atom. The first-order valence-corrected chi connectivity index (χ1v) is 17.4. The molecule has 2 unspecified atom stereocenters. The monoisotopic (exact) mass is 692 g/mol. The summed E-state index contributed by atoms with van der Waals surface area (Å²) < 4.78 is 38.1. The van der Waals surface area contributed by atoms with Crippen molar-refractivity contribution in [2.75, 3.05) is 0 Å². The molecule has 0 N–H and O–H groups in total. The zero-order valence-electron chi connectivity index (χ0n) is 29.0. The highest BCUT2D eigenvalue weighted by atomic mass is 16.6. The molecule has 7 nitrogen and oxygen atoms in total. The van der Waals surface area contributed by atoms with E-state index in [1.165, 1.54) is 6.92 Å². The lowest BCUT2D eigenvalue weighted by Gasteiger charge is -2.34. The van der Waals surface area contributed by atoms with Gasteiger partial charge in [0.05, 0.1) is 0 Å². The van der Waals surface area contributed by atoms with E-state index >= 15 is 0 Å². The van der Waals surface area contributed by atoms with Gasteiger partial charge in [0.2, 0.25) is 0 Å². The van der Waals surface area contributed by atoms with Crippen LogP contribution < -0.4 is 23.7 Å². The summed E-state index contributed by atoms with van der Waals surface area (Å²) in [6.07, 6.45) is -0.919. The number of esters is 1. The van der Waals surface area contributed by atoms with Crippen molar-refractivity contribution >= 4 is 5.97 Å². The van der Waals surface area contributed by atoms with Crippen molar-refractivity contribution in [2.24, 2.45) is 0 Å². The van der Waals surface area contributed by atoms with Gasteiger partial charge in [-0.2, -0.15) is 0 Å². The fourth-order valence-corrected chi connectivity index (χ4v) is 6.11. The van der Waals surface area contributed by atoms with E-state index in [2.05, 4.69) is 0 Å². The quantitative estimate of drug-likeness (QED) is 0.105. The van der Waals surface area contributed by atoms with Crippen LogP contribution in [0.4, 0.5) is 0 Å². The first-order chi connectivity index (χ1) is 25.6. The Kier molecular flexibility index (Phi) is 11.0. The molecule has 0 bridgehead atoms. The van der Waals surface area contributed by atoms with Crippen molar-refractivity contribution in [2.45, 2.75) is 52.0 Å². The van der Waals surface area contributed by atoms with Crippen LogP contribution in [0.3, 0.4) is 0 Å². The minimum atomic E-state index is -0.648. The molecule has 0 spiro atoms. The third kappa shape index (κ3) is 8.92. The lowest BCUT2D eigenvalue weighted by Crippen LogP contribution is -2.34. The Balaban J connectivity index is 1.21. The van der Waals surface area contributed by atoms with E-state index in [-0.39, 0.29) is 0 Å². The van der Waals surface area contributed by atoms with Crippen molar-refractivity contribution in [1.82, 2.24) is 0 Å². The van der Waals surface area contributed by atoms with Crippen molar-refractivity contribution in [3.05, 3.63) is 185 Å². The second-order valence-corrected chi connectivity index (χ2v) is 12.6. The maximum Gasteiger partial charge on any atom is 0.303 e. The van der Waals surface area contributed by atoms with Gasteiger partial charge in [0.1, 0.15) is 49.8 Å². The first kappa shape index (κ1) is 34.2. The molecular formula is C45H40O7. The van der Waals surface area contributed by atoms with Crippen LogP contribution in [0.1, 0.15) is 46.4 Å². The third-order valence-electron chi connectivity index (χ3n) is 8.71. The minimum absolute atomic E-state index is 0.345. The van der Waals surface area contributed by atoms with E-state index in [4.69, 9.17) is 28.4 Å². The van der Waals surface area contributed by atoms with E-state index in [1.807, 2.05) is 152 Å². The summed E-state index contributed by atoms with van der Waals surface area (Å²) in [4.78, 5) is 12.5. The maximum absolute atomic E-state index is 12.5. The third-order valence-corrected chi connectivity index (χ3v) is 8.71. The van der Waals surface area contributed by atoms with Crippen LogP contribution in [0.5, 0.6) is 28.7 Å². The average molecular weight is 693 g/mol. The largest absolute Gasteiger partial charge is 0.489 e. The predicted octanol–water partition coefficient (Wildman–Crippen LogP) is 9.61. The SMILES string of the molecule is CC(=O)OC1Cc2c(OCc3ccccc3)cc(OCc3ccccc3)cc2OC1c1ccc(OCc2ccccc2)c(OCc2ccccc2)c1. The molecule has 0 aliphatic carbocycles. The molecule has 1 heterocycles. The van der Waals surface area contributed by atoms with Crippen molar-refractivity contribution in [3.8, 4) is 28.7 Å². The molecule has 0 amide bonds. The first-order valence-electron chi connectivity index (χ1n) is 17.4. The summed E-state index contributed by atoms with van der Waals surface area (Å²) in [5.41, 5.74) is 5.70. The molecule has 1 aliphatic rings. The molecule has 6 aromatic rings. The van der Waals surface area contributed by atoms with Gasteiger partial charge in [0, 0.05) is 36.6 Å². The van der Waals surface area contributed by atoms with Crippen LogP contribution in [0.2, 0.25) is 0 Å². The fraction of sp³-hybridized carbons (Fsp3) is 0.178. The van der Waals surface area contributed by atoms with E-state index in [0.717, 1.165) is 33.4 Å². The average Bonchev–Trinajstić information content (AvgIpc) is 3.19. The number of rotatable bonds is 14. The summed E-state index contributed by atoms with van der Waals surface area (Å²) >= 11 is 0. The summed E-state index contributed by atoms with van der Waals surface area (Å²) in [6, 6.07) is 49.4. The van der Waals surface area contributed by atoms with Crippen LogP contribution in [-0.2, 0) is 42.4 Å². The van der Waals surface area contributed by atoms with Crippen LogP contribution in [0.25, 0.3) is 0 Å². The summed E-state index contributed by atoms with van der Waals surface area (Å²) in [6.45, 7) is 2.86. The Morgan fingerprint density at radius 3 is 1.56 bits per heavy atom. The molecule has 0 saturated heterocycles. The Labute approximate surface area is 304 Å². The van der Waals surface area contributed by atoms with Crippen molar-refractivity contribution in [1.29, 1.82) is 0 Å². The van der Waals surface area contributed by atoms with E-state index in [1.54, 1.807) is 0 Å². The highest BCUT2D eigenvalue weighted by molar-refractivity contribution is 5.66. The number of benzene rings is 6. The lowest BCUT2D eigenvalue weighted by molar-refractivity contribution is -0.152. The zero-order valence-corrected chi connectivity index (χ0v) is 29.0. The van der Waals surface area contributed by atoms with Crippen LogP contribution in [0, 0.1) is 0 Å². The van der Waals surface area contributed by atoms with Gasteiger partial charge in [-0.05, 0) is 34.4 Å². The molecular weight excluding hydrogens is 652 g/mol. The molecule has 1 aliphatic heterocycles. The molecule has 2 atom stereocenters. The maximum atomic E-state index is 12.5. The second-order valence-electron chi connectivity index (χ2n) is 12.6. The fourth-order valence-electron chi connectivity index (χ4n) is 6.11. The molecule has 7 heteroatoms. The molecule has 6 aromatic carbocycles. The van der Waals surface area contributed by atoms with Gasteiger partial charge in [-0.1, -0.05) is 127 Å². The Morgan fingerprint density at radius 2 is 1.04 bits per heavy atom. The lowest BCUT2D eigenvalue weighted by atomic mass is 9.93. The second kappa shape index (κ2) is 16.7. The van der Waals surface area contributed by atoms with Gasteiger partial charge in [-0.3, -0.25) is 4.79 Å². The summed E-state index contributed by atoms with van der Waals surface area (Å²) in [5.74, 6) is 2.55. The molecule has 7 rings (SSSR count). The molecule has 0 aromatic heterocycles. The molecule has 0 fully saturated rings. The normalized spacial score (nSPS) is 14.7. The zero-order chi connectivity index (χ0) is 35.5. The number of carbonyl (C=O) groups excluding carboxylic acids is 1. The number of carbonyl (C=O) groups is 1. The number of hydrogen-bond acceptors (Lipinski definition) is 7. The van der Waals surface area contributed by atoms with E-state index in [0.29, 0.717) is 61.6 Å². The van der Waals surface area contributed by atoms with E-state index in [9.17, 15) is 4.79 Å². The van der Waals surface area contributed by atoms with Gasteiger partial charge in [0.25, 0.3) is 0 Å².